The Morgan fingerprint density at radius 3 is 2.82 bits per heavy atom. The SMILES string of the molecule is CN=c1scc(C)n1/N=C/c1ccccc1Br. The van der Waals surface area contributed by atoms with Gasteiger partial charge in [-0.1, -0.05) is 34.1 Å². The molecule has 0 aliphatic carbocycles. The number of benzene rings is 1. The van der Waals surface area contributed by atoms with Gasteiger partial charge in [-0.15, -0.1) is 11.3 Å². The number of hydrogen-bond acceptors (Lipinski definition) is 3. The molecule has 17 heavy (non-hydrogen) atoms. The van der Waals surface area contributed by atoms with E-state index in [1.807, 2.05) is 47.5 Å². The van der Waals surface area contributed by atoms with E-state index in [1.165, 1.54) is 0 Å². The average molecular weight is 310 g/mol. The van der Waals surface area contributed by atoms with Crippen LogP contribution >= 0.6 is 27.3 Å². The monoisotopic (exact) mass is 309 g/mol. The molecule has 5 heteroatoms. The van der Waals surface area contributed by atoms with Crippen molar-refractivity contribution < 1.29 is 0 Å². The molecule has 0 N–H and O–H groups in total. The summed E-state index contributed by atoms with van der Waals surface area (Å²) < 4.78 is 2.87. The molecule has 0 unspecified atom stereocenters. The van der Waals surface area contributed by atoms with E-state index in [-0.39, 0.29) is 0 Å². The Hall–Kier alpha value is -1.20. The molecular formula is C12H12BrN3S. The molecule has 0 aliphatic heterocycles. The van der Waals surface area contributed by atoms with Gasteiger partial charge in [-0.05, 0) is 13.0 Å². The number of hydrogen-bond donors (Lipinski definition) is 0. The maximum Gasteiger partial charge on any atom is 0.205 e. The van der Waals surface area contributed by atoms with Crippen LogP contribution in [0, 0.1) is 6.92 Å². The highest BCUT2D eigenvalue weighted by molar-refractivity contribution is 9.10. The van der Waals surface area contributed by atoms with Crippen molar-refractivity contribution in [3.8, 4) is 0 Å². The van der Waals surface area contributed by atoms with Crippen LogP contribution in [0.3, 0.4) is 0 Å². The maximum absolute atomic E-state index is 4.45. The van der Waals surface area contributed by atoms with Gasteiger partial charge in [0.15, 0.2) is 0 Å². The summed E-state index contributed by atoms with van der Waals surface area (Å²) in [7, 11) is 1.77. The highest BCUT2D eigenvalue weighted by Gasteiger charge is 1.98. The topological polar surface area (TPSA) is 29.6 Å². The molecule has 2 aromatic rings. The van der Waals surface area contributed by atoms with Crippen molar-refractivity contribution >= 4 is 33.5 Å². The molecule has 1 aromatic heterocycles. The van der Waals surface area contributed by atoms with Gasteiger partial charge < -0.3 is 0 Å². The summed E-state index contributed by atoms with van der Waals surface area (Å²) in [5, 5.41) is 6.49. The summed E-state index contributed by atoms with van der Waals surface area (Å²) in [6.07, 6.45) is 1.83. The van der Waals surface area contributed by atoms with Crippen LogP contribution < -0.4 is 4.80 Å². The summed E-state index contributed by atoms with van der Waals surface area (Å²) in [6.45, 7) is 2.02. The van der Waals surface area contributed by atoms with E-state index in [9.17, 15) is 0 Å². The molecule has 2 rings (SSSR count). The third-order valence-corrected chi connectivity index (χ3v) is 4.01. The fraction of sp³-hybridized carbons (Fsp3) is 0.167. The van der Waals surface area contributed by atoms with Crippen LogP contribution in [0.5, 0.6) is 0 Å². The number of rotatable bonds is 2. The van der Waals surface area contributed by atoms with Crippen LogP contribution in [0.2, 0.25) is 0 Å². The fourth-order valence-corrected chi connectivity index (χ4v) is 2.54. The van der Waals surface area contributed by atoms with Gasteiger partial charge in [0.1, 0.15) is 0 Å². The second kappa shape index (κ2) is 5.42. The van der Waals surface area contributed by atoms with Crippen LogP contribution in [0.1, 0.15) is 11.3 Å². The summed E-state index contributed by atoms with van der Waals surface area (Å²) in [5.74, 6) is 0. The molecule has 3 nitrogen and oxygen atoms in total. The fourth-order valence-electron chi connectivity index (χ4n) is 1.38. The maximum atomic E-state index is 4.45. The molecule has 1 heterocycles. The molecule has 0 amide bonds. The van der Waals surface area contributed by atoms with E-state index >= 15 is 0 Å². The van der Waals surface area contributed by atoms with Crippen LogP contribution in [-0.2, 0) is 0 Å². The number of aromatic nitrogens is 1. The zero-order valence-electron chi connectivity index (χ0n) is 9.59. The minimum absolute atomic E-state index is 0.894. The first kappa shape index (κ1) is 12.3. The summed E-state index contributed by atoms with van der Waals surface area (Å²) in [5.41, 5.74) is 2.13. The van der Waals surface area contributed by atoms with Crippen LogP contribution in [0.4, 0.5) is 0 Å². The number of nitrogens with zero attached hydrogens (tertiary/aromatic N) is 3. The van der Waals surface area contributed by atoms with Crippen molar-refractivity contribution in [2.75, 3.05) is 7.05 Å². The molecule has 0 saturated heterocycles. The normalized spacial score (nSPS) is 12.5. The van der Waals surface area contributed by atoms with Gasteiger partial charge in [0, 0.05) is 22.5 Å². The van der Waals surface area contributed by atoms with Crippen molar-refractivity contribution in [1.29, 1.82) is 0 Å². The highest BCUT2D eigenvalue weighted by atomic mass is 79.9. The number of aryl methyl sites for hydroxylation is 1. The number of halogens is 1. The molecule has 1 aromatic carbocycles. The van der Waals surface area contributed by atoms with Gasteiger partial charge in [0.25, 0.3) is 0 Å². The van der Waals surface area contributed by atoms with E-state index < -0.39 is 0 Å². The van der Waals surface area contributed by atoms with Gasteiger partial charge in [-0.2, -0.15) is 5.10 Å². The van der Waals surface area contributed by atoms with Crippen LogP contribution in [-0.4, -0.2) is 17.9 Å². The molecule has 0 aliphatic rings. The standard InChI is InChI=1S/C12H12BrN3S/c1-9-8-17-12(14-2)16(9)15-7-10-5-3-4-6-11(10)13/h3-8H,1-2H3/b14-12?,15-7+. The third-order valence-electron chi connectivity index (χ3n) is 2.26. The zero-order valence-corrected chi connectivity index (χ0v) is 12.0. The minimum atomic E-state index is 0.894. The smallest absolute Gasteiger partial charge is 0.205 e. The van der Waals surface area contributed by atoms with E-state index in [1.54, 1.807) is 18.4 Å². The molecule has 88 valence electrons. The first-order chi connectivity index (χ1) is 8.22. The van der Waals surface area contributed by atoms with E-state index in [0.717, 1.165) is 20.5 Å². The van der Waals surface area contributed by atoms with Crippen molar-refractivity contribution in [2.24, 2.45) is 10.1 Å². The van der Waals surface area contributed by atoms with E-state index in [0.29, 0.717) is 0 Å². The lowest BCUT2D eigenvalue weighted by Crippen LogP contribution is -2.11. The highest BCUT2D eigenvalue weighted by Crippen LogP contribution is 2.13. The predicted octanol–water partition coefficient (Wildman–Crippen LogP) is 3.03. The molecule has 0 saturated carbocycles. The molecule has 0 fully saturated rings. The Labute approximate surface area is 112 Å². The summed E-state index contributed by atoms with van der Waals surface area (Å²) in [4.78, 5) is 5.08. The van der Waals surface area contributed by atoms with Crippen molar-refractivity contribution in [3.63, 3.8) is 0 Å². The van der Waals surface area contributed by atoms with Gasteiger partial charge in [0.2, 0.25) is 4.80 Å². The predicted molar refractivity (Wildman–Crippen MR) is 75.7 cm³/mol. The van der Waals surface area contributed by atoms with Gasteiger partial charge >= 0.3 is 0 Å². The Kier molecular flexibility index (Phi) is 3.91. The Bertz CT molecular complexity index is 610. The van der Waals surface area contributed by atoms with Crippen molar-refractivity contribution in [3.05, 3.63) is 50.2 Å². The quantitative estimate of drug-likeness (QED) is 0.763. The van der Waals surface area contributed by atoms with E-state index in [4.69, 9.17) is 0 Å². The molecule has 0 radical (unpaired) electrons. The molecular weight excluding hydrogens is 298 g/mol. The van der Waals surface area contributed by atoms with Gasteiger partial charge in [-0.3, -0.25) is 4.99 Å². The molecule has 0 bridgehead atoms. The lowest BCUT2D eigenvalue weighted by molar-refractivity contribution is 0.805. The second-order valence-electron chi connectivity index (χ2n) is 3.46. The number of thiazole rings is 1. The minimum Gasteiger partial charge on any atom is -0.261 e. The largest absolute Gasteiger partial charge is 0.261 e. The lowest BCUT2D eigenvalue weighted by Gasteiger charge is -1.98. The van der Waals surface area contributed by atoms with Crippen LogP contribution in [0.15, 0.2) is 44.2 Å². The first-order valence-corrected chi connectivity index (χ1v) is 6.78. The van der Waals surface area contributed by atoms with E-state index in [2.05, 4.69) is 26.0 Å². The lowest BCUT2D eigenvalue weighted by atomic mass is 10.2. The summed E-state index contributed by atoms with van der Waals surface area (Å²) in [6, 6.07) is 7.98. The Morgan fingerprint density at radius 2 is 2.12 bits per heavy atom. The van der Waals surface area contributed by atoms with Gasteiger partial charge in [-0.25, -0.2) is 4.68 Å². The molecule has 0 spiro atoms. The Balaban J connectivity index is 2.39. The average Bonchev–Trinajstić information content (AvgIpc) is 2.69. The van der Waals surface area contributed by atoms with Crippen LogP contribution in [0.25, 0.3) is 0 Å². The van der Waals surface area contributed by atoms with Crippen molar-refractivity contribution in [2.45, 2.75) is 6.92 Å². The van der Waals surface area contributed by atoms with Crippen molar-refractivity contribution in [1.82, 2.24) is 4.68 Å². The summed E-state index contributed by atoms with van der Waals surface area (Å²) >= 11 is 5.08. The Morgan fingerprint density at radius 1 is 1.35 bits per heavy atom. The zero-order chi connectivity index (χ0) is 12.3. The first-order valence-electron chi connectivity index (χ1n) is 5.11. The van der Waals surface area contributed by atoms with Gasteiger partial charge in [0.05, 0.1) is 11.9 Å². The second-order valence-corrected chi connectivity index (χ2v) is 5.15. The molecule has 0 atom stereocenters. The third kappa shape index (κ3) is 2.73.